The van der Waals surface area contributed by atoms with E-state index in [0.717, 1.165) is 58.2 Å². The molecule has 2 rings (SSSR count). The van der Waals surface area contributed by atoms with Crippen LogP contribution in [-0.4, -0.2) is 52.8 Å². The third kappa shape index (κ3) is 4.04. The van der Waals surface area contributed by atoms with E-state index in [2.05, 4.69) is 46.7 Å². The van der Waals surface area contributed by atoms with Crippen molar-refractivity contribution in [1.29, 1.82) is 0 Å². The van der Waals surface area contributed by atoms with Gasteiger partial charge in [-0.05, 0) is 20.3 Å². The van der Waals surface area contributed by atoms with Crippen LogP contribution in [0.15, 0.2) is 12.4 Å². The number of imidazole rings is 1. The first-order valence-electron chi connectivity index (χ1n) is 7.67. The molecule has 0 unspecified atom stereocenters. The minimum atomic E-state index is 0.159. The number of nitrogens with one attached hydrogen (secondary N) is 1. The molecule has 1 N–H and O–H groups in total. The minimum absolute atomic E-state index is 0.159. The third-order valence-corrected chi connectivity index (χ3v) is 3.97. The standard InChI is InChI=1S/C15H28N4O/c1-4-6-18-7-5-17-14(18)12-16-13-15(2,3)19-8-10-20-11-9-19/h5,7,16H,4,6,8-13H2,1-3H3. The first-order chi connectivity index (χ1) is 9.63. The summed E-state index contributed by atoms with van der Waals surface area (Å²) in [5.74, 6) is 1.13. The molecule has 5 nitrogen and oxygen atoms in total. The summed E-state index contributed by atoms with van der Waals surface area (Å²) in [4.78, 5) is 6.94. The van der Waals surface area contributed by atoms with E-state index >= 15 is 0 Å². The lowest BCUT2D eigenvalue weighted by atomic mass is 10.0. The number of morpholine rings is 1. The molecule has 0 saturated carbocycles. The second-order valence-electron chi connectivity index (χ2n) is 6.05. The van der Waals surface area contributed by atoms with Crippen LogP contribution in [0.3, 0.4) is 0 Å². The molecular formula is C15H28N4O. The highest BCUT2D eigenvalue weighted by atomic mass is 16.5. The van der Waals surface area contributed by atoms with Crippen molar-refractivity contribution in [2.75, 3.05) is 32.8 Å². The molecule has 1 aromatic heterocycles. The van der Waals surface area contributed by atoms with Crippen molar-refractivity contribution < 1.29 is 4.74 Å². The van der Waals surface area contributed by atoms with Crippen LogP contribution in [0.2, 0.25) is 0 Å². The molecule has 1 aromatic rings. The molecule has 0 bridgehead atoms. The fourth-order valence-corrected chi connectivity index (χ4v) is 2.71. The van der Waals surface area contributed by atoms with Gasteiger partial charge in [-0.2, -0.15) is 0 Å². The number of hydrogen-bond donors (Lipinski definition) is 1. The molecule has 0 amide bonds. The molecule has 2 heterocycles. The second kappa shape index (κ2) is 7.20. The van der Waals surface area contributed by atoms with Crippen LogP contribution in [0, 0.1) is 0 Å². The third-order valence-electron chi connectivity index (χ3n) is 3.97. The number of aromatic nitrogens is 2. The maximum absolute atomic E-state index is 5.43. The van der Waals surface area contributed by atoms with Crippen molar-refractivity contribution in [3.63, 3.8) is 0 Å². The Hall–Kier alpha value is -0.910. The van der Waals surface area contributed by atoms with Gasteiger partial charge >= 0.3 is 0 Å². The number of nitrogens with zero attached hydrogens (tertiary/aromatic N) is 3. The Bertz CT molecular complexity index is 396. The van der Waals surface area contributed by atoms with Crippen molar-refractivity contribution in [2.45, 2.75) is 45.8 Å². The van der Waals surface area contributed by atoms with Crippen LogP contribution in [0.4, 0.5) is 0 Å². The summed E-state index contributed by atoms with van der Waals surface area (Å²) in [5.41, 5.74) is 0.159. The van der Waals surface area contributed by atoms with Gasteiger partial charge in [-0.15, -0.1) is 0 Å². The predicted octanol–water partition coefficient (Wildman–Crippen LogP) is 1.49. The van der Waals surface area contributed by atoms with E-state index in [0.29, 0.717) is 0 Å². The summed E-state index contributed by atoms with van der Waals surface area (Å²) in [5, 5.41) is 3.56. The van der Waals surface area contributed by atoms with Crippen LogP contribution in [0.1, 0.15) is 33.0 Å². The Kier molecular flexibility index (Phi) is 5.57. The van der Waals surface area contributed by atoms with Crippen molar-refractivity contribution >= 4 is 0 Å². The van der Waals surface area contributed by atoms with E-state index in [1.165, 1.54) is 0 Å². The van der Waals surface area contributed by atoms with Crippen molar-refractivity contribution in [2.24, 2.45) is 0 Å². The largest absolute Gasteiger partial charge is 0.379 e. The van der Waals surface area contributed by atoms with Gasteiger partial charge in [0.25, 0.3) is 0 Å². The Morgan fingerprint density at radius 3 is 2.80 bits per heavy atom. The van der Waals surface area contributed by atoms with E-state index in [1.54, 1.807) is 0 Å². The van der Waals surface area contributed by atoms with E-state index in [4.69, 9.17) is 4.74 Å². The second-order valence-corrected chi connectivity index (χ2v) is 6.05. The van der Waals surface area contributed by atoms with Crippen LogP contribution in [0.25, 0.3) is 0 Å². The van der Waals surface area contributed by atoms with Crippen molar-refractivity contribution in [1.82, 2.24) is 19.8 Å². The average Bonchev–Trinajstić information content (AvgIpc) is 2.88. The Morgan fingerprint density at radius 1 is 1.35 bits per heavy atom. The molecule has 5 heteroatoms. The van der Waals surface area contributed by atoms with Gasteiger partial charge in [0.05, 0.1) is 19.8 Å². The first-order valence-corrected chi connectivity index (χ1v) is 7.67. The van der Waals surface area contributed by atoms with Gasteiger partial charge in [0.2, 0.25) is 0 Å². The molecule has 1 aliphatic heterocycles. The van der Waals surface area contributed by atoms with Gasteiger partial charge in [-0.25, -0.2) is 4.98 Å². The maximum Gasteiger partial charge on any atom is 0.122 e. The first kappa shape index (κ1) is 15.5. The quantitative estimate of drug-likeness (QED) is 0.822. The lowest BCUT2D eigenvalue weighted by Gasteiger charge is -2.41. The monoisotopic (exact) mass is 280 g/mol. The normalized spacial score (nSPS) is 17.6. The SMILES string of the molecule is CCCn1ccnc1CNCC(C)(C)N1CCOCC1. The van der Waals surface area contributed by atoms with Gasteiger partial charge in [0.1, 0.15) is 5.82 Å². The van der Waals surface area contributed by atoms with Crippen LogP contribution in [0.5, 0.6) is 0 Å². The van der Waals surface area contributed by atoms with Gasteiger partial charge in [0.15, 0.2) is 0 Å². The lowest BCUT2D eigenvalue weighted by molar-refractivity contribution is -0.00972. The topological polar surface area (TPSA) is 42.3 Å². The Morgan fingerprint density at radius 2 is 2.10 bits per heavy atom. The van der Waals surface area contributed by atoms with E-state index in [9.17, 15) is 0 Å². The van der Waals surface area contributed by atoms with Gasteiger partial charge < -0.3 is 14.6 Å². The summed E-state index contributed by atoms with van der Waals surface area (Å²) in [6, 6.07) is 0. The molecule has 1 fully saturated rings. The predicted molar refractivity (Wildman–Crippen MR) is 80.7 cm³/mol. The molecule has 0 radical (unpaired) electrons. The van der Waals surface area contributed by atoms with E-state index < -0.39 is 0 Å². The van der Waals surface area contributed by atoms with Gasteiger partial charge in [-0.3, -0.25) is 4.90 Å². The zero-order chi connectivity index (χ0) is 14.4. The fraction of sp³-hybridized carbons (Fsp3) is 0.800. The molecule has 0 aliphatic carbocycles. The van der Waals surface area contributed by atoms with Gasteiger partial charge in [0, 0.05) is 44.1 Å². The number of ether oxygens (including phenoxy) is 1. The van der Waals surface area contributed by atoms with Gasteiger partial charge in [-0.1, -0.05) is 6.92 Å². The van der Waals surface area contributed by atoms with Crippen LogP contribution >= 0.6 is 0 Å². The number of aryl methyl sites for hydroxylation is 1. The fourth-order valence-electron chi connectivity index (χ4n) is 2.71. The highest BCUT2D eigenvalue weighted by Gasteiger charge is 2.27. The summed E-state index contributed by atoms with van der Waals surface area (Å²) < 4.78 is 7.66. The van der Waals surface area contributed by atoms with Crippen LogP contribution < -0.4 is 5.32 Å². The van der Waals surface area contributed by atoms with Crippen LogP contribution in [-0.2, 0) is 17.8 Å². The maximum atomic E-state index is 5.43. The molecule has 0 spiro atoms. The number of hydrogen-bond acceptors (Lipinski definition) is 4. The molecule has 1 aliphatic rings. The molecule has 0 atom stereocenters. The molecule has 0 aromatic carbocycles. The van der Waals surface area contributed by atoms with Crippen molar-refractivity contribution in [3.8, 4) is 0 Å². The van der Waals surface area contributed by atoms with Crippen molar-refractivity contribution in [3.05, 3.63) is 18.2 Å². The smallest absolute Gasteiger partial charge is 0.122 e. The van der Waals surface area contributed by atoms with E-state index in [1.807, 2.05) is 6.20 Å². The summed E-state index contributed by atoms with van der Waals surface area (Å²) >= 11 is 0. The Balaban J connectivity index is 1.80. The Labute approximate surface area is 122 Å². The highest BCUT2D eigenvalue weighted by Crippen LogP contribution is 2.15. The summed E-state index contributed by atoms with van der Waals surface area (Å²) in [6.45, 7) is 13.4. The number of rotatable bonds is 7. The zero-order valence-corrected chi connectivity index (χ0v) is 13.1. The molecule has 1 saturated heterocycles. The zero-order valence-electron chi connectivity index (χ0n) is 13.1. The minimum Gasteiger partial charge on any atom is -0.379 e. The highest BCUT2D eigenvalue weighted by molar-refractivity contribution is 4.93. The molecule has 20 heavy (non-hydrogen) atoms. The van der Waals surface area contributed by atoms with E-state index in [-0.39, 0.29) is 5.54 Å². The molecular weight excluding hydrogens is 252 g/mol. The lowest BCUT2D eigenvalue weighted by Crippen LogP contribution is -2.54. The summed E-state index contributed by atoms with van der Waals surface area (Å²) in [7, 11) is 0. The average molecular weight is 280 g/mol. The summed E-state index contributed by atoms with van der Waals surface area (Å²) in [6.07, 6.45) is 5.09. The molecule has 114 valence electrons.